The predicted molar refractivity (Wildman–Crippen MR) is 127 cm³/mol. The highest BCUT2D eigenvalue weighted by Gasteiger charge is 2.59. The number of allylic oxidation sites excluding steroid dienone is 2. The number of aliphatic hydroxyl groups is 3. The van der Waals surface area contributed by atoms with Gasteiger partial charge in [-0.1, -0.05) is 20.8 Å². The van der Waals surface area contributed by atoms with Crippen LogP contribution in [0.1, 0.15) is 61.5 Å². The van der Waals surface area contributed by atoms with E-state index in [-0.39, 0.29) is 53.5 Å². The lowest BCUT2D eigenvalue weighted by Crippen LogP contribution is -2.57. The zero-order chi connectivity index (χ0) is 26.7. The Morgan fingerprint density at radius 2 is 1.89 bits per heavy atom. The van der Waals surface area contributed by atoms with Crippen LogP contribution in [0, 0.1) is 23.1 Å². The molecule has 1 aromatic rings. The molecule has 3 aliphatic carbocycles. The Balaban J connectivity index is 1.72. The summed E-state index contributed by atoms with van der Waals surface area (Å²) in [5.74, 6) is -7.97. The first kappa shape index (κ1) is 25.8. The number of Topliss-reactive ketones (excluding diaryl/α,β-unsaturated/α-hetero) is 2. The summed E-state index contributed by atoms with van der Waals surface area (Å²) in [5, 5.41) is 46.2. The number of carbonyl (C=O) groups is 3. The van der Waals surface area contributed by atoms with E-state index in [2.05, 4.69) is 26.1 Å². The van der Waals surface area contributed by atoms with Gasteiger partial charge in [-0.25, -0.2) is 4.39 Å². The van der Waals surface area contributed by atoms with Crippen molar-refractivity contribution >= 4 is 17.5 Å². The lowest BCUT2D eigenvalue weighted by Gasteiger charge is -2.45. The Bertz CT molecular complexity index is 1240. The van der Waals surface area contributed by atoms with E-state index in [4.69, 9.17) is 5.73 Å². The standard InChI is InChI=1S/C26H31FN2O7/c1-25(2,3)4-5-29-10-12-8-15(30)18-14(20(12)27)7-11-6-13-9-16(31)19(24(28)35)23(34)26(13,36)22(33)17(11)21(18)32/h8,11,13,29-31,33,36H,4-7,9-10H2,1-3H3,(H2,28,35)/t11?,13-,26-/m0/s1. The van der Waals surface area contributed by atoms with Crippen molar-refractivity contribution in [3.05, 3.63) is 51.2 Å². The molecule has 7 N–H and O–H groups in total. The number of amides is 1. The fourth-order valence-electron chi connectivity index (χ4n) is 5.54. The minimum atomic E-state index is -2.64. The van der Waals surface area contributed by atoms with Gasteiger partial charge in [-0.2, -0.15) is 0 Å². The molecule has 0 heterocycles. The summed E-state index contributed by atoms with van der Waals surface area (Å²) < 4.78 is 15.5. The summed E-state index contributed by atoms with van der Waals surface area (Å²) >= 11 is 0. The van der Waals surface area contributed by atoms with Crippen molar-refractivity contribution in [1.29, 1.82) is 0 Å². The number of hydrogen-bond acceptors (Lipinski definition) is 8. The third kappa shape index (κ3) is 3.98. The van der Waals surface area contributed by atoms with Crippen LogP contribution >= 0.6 is 0 Å². The van der Waals surface area contributed by atoms with Gasteiger partial charge < -0.3 is 31.5 Å². The largest absolute Gasteiger partial charge is 0.511 e. The number of primary amides is 1. The molecule has 0 saturated heterocycles. The molecule has 0 aromatic heterocycles. The third-order valence-corrected chi connectivity index (χ3v) is 7.44. The van der Waals surface area contributed by atoms with Crippen molar-refractivity contribution in [3.8, 4) is 5.75 Å². The highest BCUT2D eigenvalue weighted by Crippen LogP contribution is 2.51. The number of aromatic hydroxyl groups is 1. The Hall–Kier alpha value is -3.24. The predicted octanol–water partition coefficient (Wildman–Crippen LogP) is 2.25. The minimum Gasteiger partial charge on any atom is -0.511 e. The summed E-state index contributed by atoms with van der Waals surface area (Å²) in [4.78, 5) is 38.0. The first-order chi connectivity index (χ1) is 16.7. The lowest BCUT2D eigenvalue weighted by atomic mass is 9.60. The second-order valence-corrected chi connectivity index (χ2v) is 11.1. The summed E-state index contributed by atoms with van der Waals surface area (Å²) in [6.07, 6.45) is 0.406. The second-order valence-electron chi connectivity index (χ2n) is 11.1. The van der Waals surface area contributed by atoms with Crippen molar-refractivity contribution in [3.63, 3.8) is 0 Å². The average molecular weight is 503 g/mol. The molecule has 10 heteroatoms. The monoisotopic (exact) mass is 502 g/mol. The average Bonchev–Trinajstić information content (AvgIpc) is 2.75. The van der Waals surface area contributed by atoms with Crippen LogP contribution in [-0.2, 0) is 22.6 Å². The fourth-order valence-corrected chi connectivity index (χ4v) is 5.54. The molecular weight excluding hydrogens is 471 g/mol. The van der Waals surface area contributed by atoms with E-state index in [9.17, 15) is 34.8 Å². The number of ketones is 2. The molecular formula is C26H31FN2O7. The van der Waals surface area contributed by atoms with Gasteiger partial charge in [0.05, 0.1) is 5.56 Å². The number of halogens is 1. The van der Waals surface area contributed by atoms with Crippen molar-refractivity contribution in [2.75, 3.05) is 6.54 Å². The van der Waals surface area contributed by atoms with Gasteiger partial charge in [0.25, 0.3) is 5.91 Å². The van der Waals surface area contributed by atoms with Gasteiger partial charge >= 0.3 is 0 Å². The van der Waals surface area contributed by atoms with E-state index < -0.39 is 63.6 Å². The zero-order valence-corrected chi connectivity index (χ0v) is 20.4. The van der Waals surface area contributed by atoms with Crippen molar-refractivity contribution in [1.82, 2.24) is 5.32 Å². The van der Waals surface area contributed by atoms with Crippen molar-refractivity contribution in [2.24, 2.45) is 23.0 Å². The van der Waals surface area contributed by atoms with Crippen molar-refractivity contribution in [2.45, 2.75) is 58.6 Å². The maximum Gasteiger partial charge on any atom is 0.255 e. The van der Waals surface area contributed by atoms with Crippen LogP contribution < -0.4 is 11.1 Å². The maximum atomic E-state index is 15.5. The van der Waals surface area contributed by atoms with E-state index in [0.29, 0.717) is 6.54 Å². The summed E-state index contributed by atoms with van der Waals surface area (Å²) in [7, 11) is 0. The van der Waals surface area contributed by atoms with E-state index in [1.807, 2.05) is 0 Å². The van der Waals surface area contributed by atoms with Crippen LogP contribution in [0.5, 0.6) is 5.75 Å². The van der Waals surface area contributed by atoms with Crippen LogP contribution in [0.15, 0.2) is 28.7 Å². The fraction of sp³-hybridized carbons (Fsp3) is 0.500. The van der Waals surface area contributed by atoms with Gasteiger partial charge in [-0.15, -0.1) is 0 Å². The van der Waals surface area contributed by atoms with Crippen LogP contribution in [0.2, 0.25) is 0 Å². The number of hydrogen-bond donors (Lipinski definition) is 6. The number of fused-ring (bicyclic) bond motifs is 3. The van der Waals surface area contributed by atoms with Crippen LogP contribution in [-0.4, -0.2) is 50.0 Å². The minimum absolute atomic E-state index is 0.000615. The number of benzene rings is 1. The SMILES string of the molecule is CC(C)(C)CCNCc1cc(O)c2c(c1F)CC1C[C@H]3CC(O)=C(C(N)=O)C(=O)[C@@]3(O)C(O)=C1C2=O. The van der Waals surface area contributed by atoms with E-state index in [0.717, 1.165) is 12.5 Å². The van der Waals surface area contributed by atoms with Gasteiger partial charge in [-0.3, -0.25) is 14.4 Å². The van der Waals surface area contributed by atoms with Crippen LogP contribution in [0.4, 0.5) is 4.39 Å². The number of rotatable bonds is 5. The Morgan fingerprint density at radius 3 is 2.50 bits per heavy atom. The Morgan fingerprint density at radius 1 is 1.22 bits per heavy atom. The summed E-state index contributed by atoms with van der Waals surface area (Å²) in [6, 6.07) is 1.16. The first-order valence-corrected chi connectivity index (χ1v) is 11.9. The van der Waals surface area contributed by atoms with E-state index >= 15 is 4.39 Å². The van der Waals surface area contributed by atoms with E-state index in [1.54, 1.807) is 0 Å². The molecule has 0 fully saturated rings. The van der Waals surface area contributed by atoms with Crippen LogP contribution in [0.3, 0.4) is 0 Å². The first-order valence-electron chi connectivity index (χ1n) is 11.9. The van der Waals surface area contributed by atoms with Gasteiger partial charge in [0.1, 0.15) is 28.7 Å². The Labute approximate surface area is 207 Å². The molecule has 1 amide bonds. The molecule has 4 rings (SSSR count). The number of nitrogens with two attached hydrogens (primary N) is 1. The molecule has 0 saturated carbocycles. The topological polar surface area (TPSA) is 170 Å². The van der Waals surface area contributed by atoms with Gasteiger partial charge in [0, 0.05) is 35.6 Å². The third-order valence-electron chi connectivity index (χ3n) is 7.44. The summed E-state index contributed by atoms with van der Waals surface area (Å²) in [6.45, 7) is 7.02. The highest BCUT2D eigenvalue weighted by atomic mass is 19.1. The van der Waals surface area contributed by atoms with Crippen molar-refractivity contribution < 1.29 is 39.2 Å². The van der Waals surface area contributed by atoms with E-state index in [1.165, 1.54) is 0 Å². The van der Waals surface area contributed by atoms with Gasteiger partial charge in [0.15, 0.2) is 11.4 Å². The lowest BCUT2D eigenvalue weighted by molar-refractivity contribution is -0.144. The van der Waals surface area contributed by atoms with Gasteiger partial charge in [0.2, 0.25) is 5.78 Å². The summed E-state index contributed by atoms with van der Waals surface area (Å²) in [5.41, 5.74) is 1.34. The number of phenols is 1. The molecule has 0 aliphatic heterocycles. The molecule has 0 spiro atoms. The molecule has 36 heavy (non-hydrogen) atoms. The normalized spacial score (nSPS) is 26.0. The highest BCUT2D eigenvalue weighted by molar-refractivity contribution is 6.24. The Kier molecular flexibility index (Phi) is 6.25. The molecule has 1 aromatic carbocycles. The molecule has 3 atom stereocenters. The quantitative estimate of drug-likeness (QED) is 0.263. The molecule has 1 unspecified atom stereocenters. The molecule has 9 nitrogen and oxygen atoms in total. The molecule has 0 bridgehead atoms. The number of carbonyl (C=O) groups excluding carboxylic acids is 3. The van der Waals surface area contributed by atoms with Crippen LogP contribution in [0.25, 0.3) is 0 Å². The number of nitrogens with one attached hydrogen (secondary N) is 1. The maximum absolute atomic E-state index is 15.5. The molecule has 194 valence electrons. The molecule has 3 aliphatic rings. The number of phenolic OH excluding ortho intramolecular Hbond substituents is 1. The van der Waals surface area contributed by atoms with Gasteiger partial charge in [-0.05, 0) is 43.2 Å². The molecule has 0 radical (unpaired) electrons. The second kappa shape index (κ2) is 8.70. The number of aliphatic hydroxyl groups excluding tert-OH is 2. The zero-order valence-electron chi connectivity index (χ0n) is 20.4. The smallest absolute Gasteiger partial charge is 0.255 e.